The van der Waals surface area contributed by atoms with E-state index in [1.54, 1.807) is 0 Å². The van der Waals surface area contributed by atoms with Gasteiger partial charge in [0.1, 0.15) is 0 Å². The third kappa shape index (κ3) is 7.82. The van der Waals surface area contributed by atoms with Crippen LogP contribution in [-0.4, -0.2) is 0 Å². The fourth-order valence-electron chi connectivity index (χ4n) is 8.62. The second kappa shape index (κ2) is 14.7. The first-order valence-electron chi connectivity index (χ1n) is 17.8. The van der Waals surface area contributed by atoms with Gasteiger partial charge in [0.15, 0.2) is 0 Å². The molecule has 2 saturated carbocycles. The van der Waals surface area contributed by atoms with Gasteiger partial charge in [-0.25, -0.2) is 0 Å². The van der Waals surface area contributed by atoms with Crippen LogP contribution in [0.4, 0.5) is 0 Å². The molecule has 45 heavy (non-hydrogen) atoms. The fourth-order valence-corrected chi connectivity index (χ4v) is 8.62. The molecule has 0 aromatic heterocycles. The maximum atomic E-state index is 5.95. The highest BCUT2D eigenvalue weighted by atomic mass is 14.4. The highest BCUT2D eigenvalue weighted by molar-refractivity contribution is 5.76. The molecule has 0 amide bonds. The van der Waals surface area contributed by atoms with Gasteiger partial charge in [-0.1, -0.05) is 130 Å². The van der Waals surface area contributed by atoms with Crippen molar-refractivity contribution in [3.8, 4) is 12.3 Å². The molecule has 0 bridgehead atoms. The molecule has 6 rings (SSSR count). The van der Waals surface area contributed by atoms with E-state index >= 15 is 0 Å². The topological polar surface area (TPSA) is 0 Å². The Morgan fingerprint density at radius 1 is 0.867 bits per heavy atom. The Labute approximate surface area is 273 Å². The molecule has 0 heterocycles. The average molecular weight is 593 g/mol. The summed E-state index contributed by atoms with van der Waals surface area (Å²) in [7, 11) is 0. The molecule has 0 nitrogen and oxygen atoms in total. The number of rotatable bonds is 11. The van der Waals surface area contributed by atoms with E-state index in [0.29, 0.717) is 17.8 Å². The molecule has 0 aliphatic heterocycles. The molecule has 3 aromatic carbocycles. The number of hydrogen-bond donors (Lipinski definition) is 0. The van der Waals surface area contributed by atoms with Gasteiger partial charge in [0.2, 0.25) is 0 Å². The lowest BCUT2D eigenvalue weighted by molar-refractivity contribution is 0.252. The number of aryl methyl sites for hydroxylation is 1. The van der Waals surface area contributed by atoms with Crippen LogP contribution in [-0.2, 0) is 19.3 Å². The average Bonchev–Trinajstić information content (AvgIpc) is 3.69. The molecule has 0 radical (unpaired) electrons. The minimum atomic E-state index is 0.422. The van der Waals surface area contributed by atoms with Crippen LogP contribution in [0.2, 0.25) is 0 Å². The Balaban J connectivity index is 1.13. The number of benzene rings is 3. The first-order chi connectivity index (χ1) is 22.0. The van der Waals surface area contributed by atoms with Crippen molar-refractivity contribution in [1.29, 1.82) is 0 Å². The van der Waals surface area contributed by atoms with Crippen molar-refractivity contribution in [3.05, 3.63) is 137 Å². The van der Waals surface area contributed by atoms with Gasteiger partial charge in [0.25, 0.3) is 0 Å². The highest BCUT2D eigenvalue weighted by Crippen LogP contribution is 2.44. The molecule has 4 unspecified atom stereocenters. The van der Waals surface area contributed by atoms with Gasteiger partial charge in [-0.3, -0.25) is 0 Å². The molecule has 2 fully saturated rings. The molecule has 0 saturated heterocycles. The predicted molar refractivity (Wildman–Crippen MR) is 193 cm³/mol. The van der Waals surface area contributed by atoms with Gasteiger partial charge < -0.3 is 0 Å². The van der Waals surface area contributed by atoms with Crippen LogP contribution in [0.1, 0.15) is 105 Å². The SMILES string of the molecule is C#Cc1ccc(CC2CCC(C(C(=C)CCc3ccccc3)c3ccc(C4=CC(C)C=C4)cc3)CC2)cc1CC1CCCC1C. The Kier molecular flexibility index (Phi) is 10.3. The smallest absolute Gasteiger partial charge is 0.0274 e. The fraction of sp³-hybridized carbons (Fsp3) is 0.422. The van der Waals surface area contributed by atoms with Crippen LogP contribution in [0.25, 0.3) is 5.57 Å². The molecule has 0 heteroatoms. The van der Waals surface area contributed by atoms with Gasteiger partial charge in [-0.05, 0) is 127 Å². The van der Waals surface area contributed by atoms with Crippen LogP contribution in [0.3, 0.4) is 0 Å². The molecule has 3 aliphatic carbocycles. The third-order valence-corrected chi connectivity index (χ3v) is 11.4. The summed E-state index contributed by atoms with van der Waals surface area (Å²) < 4.78 is 0. The van der Waals surface area contributed by atoms with E-state index in [1.165, 1.54) is 90.3 Å². The summed E-state index contributed by atoms with van der Waals surface area (Å²) in [5.74, 6) is 6.95. The summed E-state index contributed by atoms with van der Waals surface area (Å²) in [6, 6.07) is 27.4. The first kappa shape index (κ1) is 31.4. The molecule has 232 valence electrons. The van der Waals surface area contributed by atoms with E-state index in [4.69, 9.17) is 13.0 Å². The van der Waals surface area contributed by atoms with Crippen molar-refractivity contribution < 1.29 is 0 Å². The van der Waals surface area contributed by atoms with Crippen molar-refractivity contribution in [2.45, 2.75) is 90.4 Å². The van der Waals surface area contributed by atoms with Crippen molar-refractivity contribution in [2.75, 3.05) is 0 Å². The highest BCUT2D eigenvalue weighted by Gasteiger charge is 2.31. The van der Waals surface area contributed by atoms with E-state index in [9.17, 15) is 0 Å². The van der Waals surface area contributed by atoms with E-state index in [0.717, 1.165) is 42.6 Å². The zero-order chi connectivity index (χ0) is 31.2. The molecule has 3 aliphatic rings. The minimum Gasteiger partial charge on any atom is -0.115 e. The number of allylic oxidation sites excluding steroid dienone is 5. The monoisotopic (exact) mass is 592 g/mol. The summed E-state index contributed by atoms with van der Waals surface area (Å²) in [6.45, 7) is 9.43. The third-order valence-electron chi connectivity index (χ3n) is 11.4. The minimum absolute atomic E-state index is 0.422. The van der Waals surface area contributed by atoms with Crippen molar-refractivity contribution >= 4 is 5.57 Å². The Hall–Kier alpha value is -3.56. The Morgan fingerprint density at radius 2 is 1.64 bits per heavy atom. The number of hydrogen-bond acceptors (Lipinski definition) is 0. The Bertz CT molecular complexity index is 1530. The van der Waals surface area contributed by atoms with Gasteiger partial charge >= 0.3 is 0 Å². The zero-order valence-electron chi connectivity index (χ0n) is 27.7. The maximum absolute atomic E-state index is 5.95. The largest absolute Gasteiger partial charge is 0.115 e. The van der Waals surface area contributed by atoms with Crippen LogP contribution in [0.5, 0.6) is 0 Å². The lowest BCUT2D eigenvalue weighted by atomic mass is 9.69. The van der Waals surface area contributed by atoms with Gasteiger partial charge in [0.05, 0.1) is 0 Å². The molecule has 4 atom stereocenters. The summed E-state index contributed by atoms with van der Waals surface area (Å²) >= 11 is 0. The van der Waals surface area contributed by atoms with Crippen molar-refractivity contribution in [1.82, 2.24) is 0 Å². The zero-order valence-corrected chi connectivity index (χ0v) is 27.7. The van der Waals surface area contributed by atoms with Gasteiger partial charge in [-0.15, -0.1) is 6.42 Å². The van der Waals surface area contributed by atoms with Crippen molar-refractivity contribution in [2.24, 2.45) is 29.6 Å². The lowest BCUT2D eigenvalue weighted by Crippen LogP contribution is -2.23. The molecular formula is C45H52. The summed E-state index contributed by atoms with van der Waals surface area (Å²) in [5.41, 5.74) is 11.0. The van der Waals surface area contributed by atoms with Crippen LogP contribution in [0.15, 0.2) is 103 Å². The standard InChI is InChI=1S/C45H52/c1-5-38-21-19-37(30-44(38)31-42-13-9-10-33(42)3)29-36-17-22-40(23-18-36)45(34(4)15-16-35-11-7-6-8-12-35)41-26-24-39(25-27-41)43-20-14-32(2)28-43/h1,6-8,11-12,14,19-21,24-28,30,32-33,36,40,42,45H,4,9-10,13,15-18,22-23,29,31H2,2-3H3. The van der Waals surface area contributed by atoms with E-state index in [1.807, 2.05) is 0 Å². The lowest BCUT2D eigenvalue weighted by Gasteiger charge is -2.36. The van der Waals surface area contributed by atoms with Gasteiger partial charge in [-0.2, -0.15) is 0 Å². The van der Waals surface area contributed by atoms with E-state index in [2.05, 4.69) is 111 Å². The Morgan fingerprint density at radius 3 is 2.31 bits per heavy atom. The van der Waals surface area contributed by atoms with Crippen molar-refractivity contribution in [3.63, 3.8) is 0 Å². The second-order valence-corrected chi connectivity index (χ2v) is 14.6. The second-order valence-electron chi connectivity index (χ2n) is 14.6. The summed E-state index contributed by atoms with van der Waals surface area (Å²) in [4.78, 5) is 0. The molecule has 0 spiro atoms. The molecule has 0 N–H and O–H groups in total. The van der Waals surface area contributed by atoms with Crippen LogP contribution >= 0.6 is 0 Å². The summed E-state index contributed by atoms with van der Waals surface area (Å²) in [5, 5.41) is 0. The van der Waals surface area contributed by atoms with E-state index in [-0.39, 0.29) is 0 Å². The normalized spacial score (nSPS) is 25.1. The molecular weight excluding hydrogens is 540 g/mol. The molecule has 3 aromatic rings. The number of terminal acetylenes is 1. The quantitative estimate of drug-likeness (QED) is 0.153. The van der Waals surface area contributed by atoms with Gasteiger partial charge in [0, 0.05) is 11.5 Å². The maximum Gasteiger partial charge on any atom is 0.0274 e. The predicted octanol–water partition coefficient (Wildman–Crippen LogP) is 11.6. The van der Waals surface area contributed by atoms with Crippen LogP contribution < -0.4 is 0 Å². The summed E-state index contributed by atoms with van der Waals surface area (Å²) in [6.07, 6.45) is 26.6. The van der Waals surface area contributed by atoms with E-state index < -0.39 is 0 Å². The first-order valence-corrected chi connectivity index (χ1v) is 17.8. The van der Waals surface area contributed by atoms with Crippen LogP contribution in [0, 0.1) is 41.9 Å².